The molecule has 0 aliphatic heterocycles. The van der Waals surface area contributed by atoms with Gasteiger partial charge in [-0.15, -0.1) is 0 Å². The molecule has 0 N–H and O–H groups in total. The van der Waals surface area contributed by atoms with E-state index in [9.17, 15) is 4.79 Å². The number of methoxy groups -OCH3 is 2. The summed E-state index contributed by atoms with van der Waals surface area (Å²) >= 11 is 0. The minimum Gasteiger partial charge on any atom is -0.490 e. The minimum atomic E-state index is -0.312. The van der Waals surface area contributed by atoms with Crippen LogP contribution in [0.2, 0.25) is 0 Å². The van der Waals surface area contributed by atoms with Crippen LogP contribution in [0.3, 0.4) is 0 Å². The van der Waals surface area contributed by atoms with Crippen molar-refractivity contribution in [1.82, 2.24) is 0 Å². The van der Waals surface area contributed by atoms with E-state index < -0.39 is 0 Å². The highest BCUT2D eigenvalue weighted by Crippen LogP contribution is 2.62. The molecule has 4 fully saturated rings. The summed E-state index contributed by atoms with van der Waals surface area (Å²) in [7, 11) is 3.21. The number of hydrogen-bond donors (Lipinski definition) is 0. The van der Waals surface area contributed by atoms with Gasteiger partial charge in [-0.25, -0.2) is 4.79 Å². The molecule has 0 heterocycles. The van der Waals surface area contributed by atoms with Gasteiger partial charge in [-0.05, 0) is 122 Å². The molecule has 1 atom stereocenters. The van der Waals surface area contributed by atoms with Crippen LogP contribution in [0.25, 0.3) is 21.9 Å². The van der Waals surface area contributed by atoms with Gasteiger partial charge in [0, 0.05) is 19.1 Å². The predicted molar refractivity (Wildman–Crippen MR) is 156 cm³/mol. The third kappa shape index (κ3) is 5.45. The highest BCUT2D eigenvalue weighted by molar-refractivity contribution is 5.98. The lowest BCUT2D eigenvalue weighted by Gasteiger charge is -2.59. The highest BCUT2D eigenvalue weighted by atomic mass is 16.5. The molecule has 3 aromatic rings. The van der Waals surface area contributed by atoms with Crippen LogP contribution in [-0.2, 0) is 9.47 Å². The molecule has 0 amide bonds. The van der Waals surface area contributed by atoms with Gasteiger partial charge in [-0.1, -0.05) is 42.8 Å². The first-order chi connectivity index (χ1) is 19.1. The Hall–Kier alpha value is -2.85. The topological polar surface area (TPSA) is 44.8 Å². The third-order valence-electron chi connectivity index (χ3n) is 9.83. The summed E-state index contributed by atoms with van der Waals surface area (Å²) in [5.41, 5.74) is 3.14. The second-order valence-corrected chi connectivity index (χ2v) is 12.5. The number of rotatable bonds is 11. The molecular formula is C35H42O4. The summed E-state index contributed by atoms with van der Waals surface area (Å²) in [5, 5.41) is 2.38. The van der Waals surface area contributed by atoms with Crippen LogP contribution in [0.15, 0.2) is 60.7 Å². The lowest BCUT2D eigenvalue weighted by molar-refractivity contribution is -0.113. The summed E-state index contributed by atoms with van der Waals surface area (Å²) in [6.07, 6.45) is 13.3. The fourth-order valence-corrected chi connectivity index (χ4v) is 8.46. The molecule has 4 nitrogen and oxygen atoms in total. The zero-order valence-electron chi connectivity index (χ0n) is 23.5. The van der Waals surface area contributed by atoms with Crippen LogP contribution in [-0.4, -0.2) is 32.9 Å². The summed E-state index contributed by atoms with van der Waals surface area (Å²) in [6, 6.07) is 20.7. The average Bonchev–Trinajstić information content (AvgIpc) is 2.95. The molecule has 206 valence electrons. The summed E-state index contributed by atoms with van der Waals surface area (Å²) in [5.74, 6) is 3.40. The van der Waals surface area contributed by atoms with Gasteiger partial charge < -0.3 is 14.2 Å². The summed E-state index contributed by atoms with van der Waals surface area (Å²) in [6.45, 7) is 0.844. The standard InChI is InChI=1S/C35H42O4/c1-37-16-5-3-4-9-33(35-21-24-17-25(22-35)19-26(18-24)23-35)39-30-15-14-27-7-6-8-31(32(27)20-30)28-10-12-29(13-11-28)34(36)38-2/h6-8,10-15,20,24-26,33H,3-5,9,16-19,21-23H2,1-2H3. The molecule has 4 aliphatic rings. The van der Waals surface area contributed by atoms with Crippen LogP contribution in [0.1, 0.15) is 74.6 Å². The lowest BCUT2D eigenvalue weighted by atomic mass is 9.48. The first kappa shape index (κ1) is 26.4. The summed E-state index contributed by atoms with van der Waals surface area (Å²) in [4.78, 5) is 11.9. The average molecular weight is 527 g/mol. The van der Waals surface area contributed by atoms with Gasteiger partial charge in [-0.3, -0.25) is 0 Å². The van der Waals surface area contributed by atoms with Gasteiger partial charge in [0.05, 0.1) is 12.7 Å². The Morgan fingerprint density at radius 2 is 1.59 bits per heavy atom. The zero-order valence-corrected chi connectivity index (χ0v) is 23.5. The van der Waals surface area contributed by atoms with Crippen molar-refractivity contribution in [1.29, 1.82) is 0 Å². The van der Waals surface area contributed by atoms with Crippen LogP contribution >= 0.6 is 0 Å². The van der Waals surface area contributed by atoms with E-state index in [1.165, 1.54) is 69.2 Å². The third-order valence-corrected chi connectivity index (χ3v) is 9.83. The Labute approximate surface area is 233 Å². The fraction of sp³-hybridized carbons (Fsp3) is 0.514. The Kier molecular flexibility index (Phi) is 7.66. The molecule has 0 aromatic heterocycles. The quantitative estimate of drug-likeness (QED) is 0.186. The van der Waals surface area contributed by atoms with Gasteiger partial charge in [0.25, 0.3) is 0 Å². The van der Waals surface area contributed by atoms with Crippen molar-refractivity contribution in [2.45, 2.75) is 70.3 Å². The van der Waals surface area contributed by atoms with Crippen molar-refractivity contribution >= 4 is 16.7 Å². The maximum atomic E-state index is 11.9. The molecule has 4 bridgehead atoms. The maximum absolute atomic E-state index is 11.9. The molecule has 4 aliphatic carbocycles. The second kappa shape index (κ2) is 11.3. The molecule has 7 rings (SSSR count). The van der Waals surface area contributed by atoms with Crippen molar-refractivity contribution in [3.63, 3.8) is 0 Å². The lowest BCUT2D eigenvalue weighted by Crippen LogP contribution is -2.53. The van der Waals surface area contributed by atoms with Crippen molar-refractivity contribution < 1.29 is 19.0 Å². The van der Waals surface area contributed by atoms with E-state index in [1.54, 1.807) is 7.11 Å². The molecule has 0 radical (unpaired) electrons. The maximum Gasteiger partial charge on any atom is 0.337 e. The second-order valence-electron chi connectivity index (χ2n) is 12.5. The van der Waals surface area contributed by atoms with Gasteiger partial charge in [0.2, 0.25) is 0 Å². The predicted octanol–water partition coefficient (Wildman–Crippen LogP) is 8.46. The van der Waals surface area contributed by atoms with E-state index in [-0.39, 0.29) is 12.1 Å². The smallest absolute Gasteiger partial charge is 0.337 e. The Bertz CT molecular complexity index is 1260. The Balaban J connectivity index is 1.28. The highest BCUT2D eigenvalue weighted by Gasteiger charge is 2.54. The number of carbonyl (C=O) groups excluding carboxylic acids is 1. The Morgan fingerprint density at radius 1 is 0.872 bits per heavy atom. The van der Waals surface area contributed by atoms with E-state index in [1.807, 2.05) is 24.3 Å². The number of carbonyl (C=O) groups is 1. The van der Waals surface area contributed by atoms with Gasteiger partial charge in [-0.2, -0.15) is 0 Å². The van der Waals surface area contributed by atoms with E-state index >= 15 is 0 Å². The zero-order chi connectivity index (χ0) is 26.8. The van der Waals surface area contributed by atoms with Crippen LogP contribution in [0.5, 0.6) is 5.75 Å². The molecule has 4 heteroatoms. The van der Waals surface area contributed by atoms with E-state index in [0.717, 1.165) is 54.1 Å². The monoisotopic (exact) mass is 526 g/mol. The first-order valence-electron chi connectivity index (χ1n) is 14.9. The molecule has 39 heavy (non-hydrogen) atoms. The fourth-order valence-electron chi connectivity index (χ4n) is 8.46. The number of fused-ring (bicyclic) bond motifs is 1. The molecule has 4 saturated carbocycles. The van der Waals surface area contributed by atoms with Crippen LogP contribution in [0.4, 0.5) is 0 Å². The summed E-state index contributed by atoms with van der Waals surface area (Å²) < 4.78 is 17.3. The van der Waals surface area contributed by atoms with E-state index in [0.29, 0.717) is 11.0 Å². The largest absolute Gasteiger partial charge is 0.490 e. The number of esters is 1. The molecule has 0 spiro atoms. The van der Waals surface area contributed by atoms with Gasteiger partial charge >= 0.3 is 5.97 Å². The molecule has 1 unspecified atom stereocenters. The van der Waals surface area contributed by atoms with Gasteiger partial charge in [0.1, 0.15) is 11.9 Å². The Morgan fingerprint density at radius 3 is 2.26 bits per heavy atom. The van der Waals surface area contributed by atoms with Crippen molar-refractivity contribution in [2.75, 3.05) is 20.8 Å². The van der Waals surface area contributed by atoms with E-state index in [4.69, 9.17) is 14.2 Å². The van der Waals surface area contributed by atoms with Crippen molar-refractivity contribution in [2.24, 2.45) is 23.2 Å². The number of benzene rings is 3. The number of ether oxygens (including phenoxy) is 3. The minimum absolute atomic E-state index is 0.275. The number of hydrogen-bond acceptors (Lipinski definition) is 4. The van der Waals surface area contributed by atoms with E-state index in [2.05, 4.69) is 36.4 Å². The van der Waals surface area contributed by atoms with Crippen LogP contribution < -0.4 is 4.74 Å². The molecule has 0 saturated heterocycles. The van der Waals surface area contributed by atoms with Crippen molar-refractivity contribution in [3.8, 4) is 16.9 Å². The van der Waals surface area contributed by atoms with Gasteiger partial charge in [0.15, 0.2) is 0 Å². The molecule has 3 aromatic carbocycles. The van der Waals surface area contributed by atoms with Crippen LogP contribution in [0, 0.1) is 23.2 Å². The first-order valence-corrected chi connectivity index (χ1v) is 14.9. The molecular weight excluding hydrogens is 484 g/mol. The normalized spacial score (nSPS) is 26.1. The number of unbranched alkanes of at least 4 members (excludes halogenated alkanes) is 2. The van der Waals surface area contributed by atoms with Crippen molar-refractivity contribution in [3.05, 3.63) is 66.2 Å². The SMILES string of the molecule is COCCCCCC(Oc1ccc2cccc(-c3ccc(C(=O)OC)cc3)c2c1)C12CC3CC(CC(C3)C1)C2.